The van der Waals surface area contributed by atoms with Gasteiger partial charge in [-0.1, -0.05) is 60.7 Å². The first-order chi connectivity index (χ1) is 12.2. The largest absolute Gasteiger partial charge is 0.323 e. The molecule has 0 saturated carbocycles. The van der Waals surface area contributed by atoms with Gasteiger partial charge in [0, 0.05) is 17.3 Å². The Kier molecular flexibility index (Phi) is 3.52. The average Bonchev–Trinajstić information content (AvgIpc) is 2.93. The Morgan fingerprint density at radius 1 is 1.04 bits per heavy atom. The number of hydrogen-bond donors (Lipinski definition) is 2. The molecule has 2 atom stereocenters. The maximum atomic E-state index is 12.6. The van der Waals surface area contributed by atoms with E-state index in [-0.39, 0.29) is 11.9 Å². The Balaban J connectivity index is 1.78. The fourth-order valence-electron chi connectivity index (χ4n) is 3.57. The van der Waals surface area contributed by atoms with E-state index in [1.54, 1.807) is 0 Å². The molecule has 4 nitrogen and oxygen atoms in total. The second kappa shape index (κ2) is 5.73. The van der Waals surface area contributed by atoms with Gasteiger partial charge >= 0.3 is 0 Å². The molecule has 0 unspecified atom stereocenters. The van der Waals surface area contributed by atoms with Crippen molar-refractivity contribution in [3.63, 3.8) is 0 Å². The Morgan fingerprint density at radius 2 is 1.76 bits per heavy atom. The van der Waals surface area contributed by atoms with Crippen molar-refractivity contribution in [1.82, 2.24) is 5.32 Å². The van der Waals surface area contributed by atoms with E-state index in [1.165, 1.54) is 0 Å². The first-order valence-corrected chi connectivity index (χ1v) is 8.23. The van der Waals surface area contributed by atoms with Crippen LogP contribution in [0.15, 0.2) is 66.7 Å². The Hall–Kier alpha value is -3.16. The molecule has 122 valence electrons. The van der Waals surface area contributed by atoms with E-state index in [1.807, 2.05) is 55.5 Å². The molecule has 4 rings (SSSR count). The predicted octanol–water partition coefficient (Wildman–Crippen LogP) is 3.86. The van der Waals surface area contributed by atoms with Crippen molar-refractivity contribution in [3.05, 3.63) is 77.9 Å². The van der Waals surface area contributed by atoms with Gasteiger partial charge in [0.15, 0.2) is 0 Å². The highest BCUT2D eigenvalue weighted by Crippen LogP contribution is 2.37. The van der Waals surface area contributed by atoms with Gasteiger partial charge in [0.25, 0.3) is 5.91 Å². The van der Waals surface area contributed by atoms with Crippen molar-refractivity contribution in [2.45, 2.75) is 18.5 Å². The summed E-state index contributed by atoms with van der Waals surface area (Å²) in [6.45, 7) is 1.98. The number of para-hydroxylation sites is 1. The van der Waals surface area contributed by atoms with Gasteiger partial charge in [-0.05, 0) is 29.3 Å². The molecular weight excluding hydrogens is 310 g/mol. The van der Waals surface area contributed by atoms with E-state index in [0.717, 1.165) is 16.3 Å². The normalized spacial score (nSPS) is 19.9. The molecule has 3 aromatic carbocycles. The average molecular weight is 327 g/mol. The molecule has 0 aliphatic carbocycles. The minimum absolute atomic E-state index is 0.178. The number of nitrogens with one attached hydrogen (secondary N) is 2. The summed E-state index contributed by atoms with van der Waals surface area (Å²) in [5.74, 6) is -0.330. The zero-order valence-electron chi connectivity index (χ0n) is 13.8. The summed E-state index contributed by atoms with van der Waals surface area (Å²) in [7, 11) is 0. The van der Waals surface area contributed by atoms with Gasteiger partial charge in [-0.3, -0.25) is 10.1 Å². The number of nitriles is 1. The standard InChI is InChI=1S/C21H17N3O/c1-14(16-10-6-8-15-7-2-3-9-17(15)16)24-21(13-22)18-11-4-5-12-19(18)23-20(21)25/h2-12,14,24H,1H3,(H,23,25)/t14-,21-/m0/s1. The zero-order chi connectivity index (χ0) is 17.4. The van der Waals surface area contributed by atoms with Crippen molar-refractivity contribution in [3.8, 4) is 6.07 Å². The van der Waals surface area contributed by atoms with E-state index >= 15 is 0 Å². The molecule has 4 heteroatoms. The Morgan fingerprint density at radius 3 is 2.60 bits per heavy atom. The quantitative estimate of drug-likeness (QED) is 0.768. The molecule has 2 N–H and O–H groups in total. The molecule has 1 amide bonds. The third-order valence-corrected chi connectivity index (χ3v) is 4.81. The number of benzene rings is 3. The van der Waals surface area contributed by atoms with Gasteiger partial charge in [-0.2, -0.15) is 5.26 Å². The number of anilines is 1. The fourth-order valence-corrected chi connectivity index (χ4v) is 3.57. The van der Waals surface area contributed by atoms with Crippen molar-refractivity contribution >= 4 is 22.4 Å². The summed E-state index contributed by atoms with van der Waals surface area (Å²) in [6, 6.07) is 23.6. The molecule has 1 aliphatic heterocycles. The monoisotopic (exact) mass is 327 g/mol. The minimum Gasteiger partial charge on any atom is -0.323 e. The molecule has 0 bridgehead atoms. The van der Waals surface area contributed by atoms with Gasteiger partial charge in [-0.15, -0.1) is 0 Å². The van der Waals surface area contributed by atoms with Gasteiger partial charge in [0.1, 0.15) is 6.07 Å². The van der Waals surface area contributed by atoms with Crippen LogP contribution in [0, 0.1) is 11.3 Å². The van der Waals surface area contributed by atoms with Crippen LogP contribution in [0.3, 0.4) is 0 Å². The zero-order valence-corrected chi connectivity index (χ0v) is 13.8. The lowest BCUT2D eigenvalue weighted by Crippen LogP contribution is -2.47. The Labute approximate surface area is 146 Å². The lowest BCUT2D eigenvalue weighted by Gasteiger charge is -2.26. The maximum absolute atomic E-state index is 12.6. The number of rotatable bonds is 3. The maximum Gasteiger partial charge on any atom is 0.264 e. The van der Waals surface area contributed by atoms with Crippen molar-refractivity contribution in [2.75, 3.05) is 5.32 Å². The fraction of sp³-hybridized carbons (Fsp3) is 0.143. The molecule has 25 heavy (non-hydrogen) atoms. The lowest BCUT2D eigenvalue weighted by molar-refractivity contribution is -0.120. The SMILES string of the molecule is C[C@H](N[C@]1(C#N)C(=O)Nc2ccccc21)c1cccc2ccccc12. The van der Waals surface area contributed by atoms with Gasteiger partial charge < -0.3 is 5.32 Å². The molecule has 0 fully saturated rings. The topological polar surface area (TPSA) is 64.9 Å². The summed E-state index contributed by atoms with van der Waals surface area (Å²) in [5, 5.41) is 18.2. The highest BCUT2D eigenvalue weighted by Gasteiger charge is 2.48. The predicted molar refractivity (Wildman–Crippen MR) is 97.9 cm³/mol. The van der Waals surface area contributed by atoms with Crippen molar-refractivity contribution < 1.29 is 4.79 Å². The number of carbonyl (C=O) groups is 1. The van der Waals surface area contributed by atoms with Crippen LogP contribution in [0.4, 0.5) is 5.69 Å². The minimum atomic E-state index is -1.38. The van der Waals surface area contributed by atoms with Crippen LogP contribution in [0.1, 0.15) is 24.1 Å². The van der Waals surface area contributed by atoms with E-state index < -0.39 is 5.54 Å². The number of nitrogens with zero attached hydrogens (tertiary/aromatic N) is 1. The highest BCUT2D eigenvalue weighted by atomic mass is 16.2. The van der Waals surface area contributed by atoms with E-state index in [0.29, 0.717) is 11.3 Å². The van der Waals surface area contributed by atoms with Crippen molar-refractivity contribution in [1.29, 1.82) is 5.26 Å². The second-order valence-corrected chi connectivity index (χ2v) is 6.30. The molecule has 0 saturated heterocycles. The molecule has 0 aromatic heterocycles. The number of carbonyl (C=O) groups excluding carboxylic acids is 1. The summed E-state index contributed by atoms with van der Waals surface area (Å²) >= 11 is 0. The van der Waals surface area contributed by atoms with Gasteiger partial charge in [0.05, 0.1) is 0 Å². The number of fused-ring (bicyclic) bond motifs is 2. The van der Waals surface area contributed by atoms with Crippen LogP contribution >= 0.6 is 0 Å². The number of hydrogen-bond acceptors (Lipinski definition) is 3. The number of amides is 1. The smallest absolute Gasteiger partial charge is 0.264 e. The van der Waals surface area contributed by atoms with Crippen LogP contribution < -0.4 is 10.6 Å². The first kappa shape index (κ1) is 15.4. The Bertz CT molecular complexity index is 1020. The summed E-state index contributed by atoms with van der Waals surface area (Å²) < 4.78 is 0. The third kappa shape index (κ3) is 2.29. The molecule has 1 aliphatic rings. The third-order valence-electron chi connectivity index (χ3n) is 4.81. The van der Waals surface area contributed by atoms with Gasteiger partial charge in [-0.25, -0.2) is 0 Å². The van der Waals surface area contributed by atoms with Crippen LogP contribution in [-0.2, 0) is 10.3 Å². The highest BCUT2D eigenvalue weighted by molar-refractivity contribution is 6.08. The van der Waals surface area contributed by atoms with Gasteiger partial charge in [0.2, 0.25) is 5.54 Å². The molecule has 3 aromatic rings. The van der Waals surface area contributed by atoms with Crippen LogP contribution in [-0.4, -0.2) is 5.91 Å². The van der Waals surface area contributed by atoms with Crippen LogP contribution in [0.25, 0.3) is 10.8 Å². The van der Waals surface area contributed by atoms with Crippen LogP contribution in [0.2, 0.25) is 0 Å². The molecule has 0 radical (unpaired) electrons. The molecule has 0 spiro atoms. The van der Waals surface area contributed by atoms with Crippen LogP contribution in [0.5, 0.6) is 0 Å². The molecule has 1 heterocycles. The molecular formula is C21H17N3O. The summed E-state index contributed by atoms with van der Waals surface area (Å²) in [5.41, 5.74) is 1.04. The first-order valence-electron chi connectivity index (χ1n) is 8.23. The van der Waals surface area contributed by atoms with Crippen molar-refractivity contribution in [2.24, 2.45) is 0 Å². The van der Waals surface area contributed by atoms with E-state index in [2.05, 4.69) is 34.9 Å². The lowest BCUT2D eigenvalue weighted by atomic mass is 9.90. The summed E-state index contributed by atoms with van der Waals surface area (Å²) in [4.78, 5) is 12.6. The summed E-state index contributed by atoms with van der Waals surface area (Å²) in [6.07, 6.45) is 0. The second-order valence-electron chi connectivity index (χ2n) is 6.30. The van der Waals surface area contributed by atoms with E-state index in [9.17, 15) is 10.1 Å². The van der Waals surface area contributed by atoms with E-state index in [4.69, 9.17) is 0 Å².